The Balaban J connectivity index is 2.03. The maximum absolute atomic E-state index is 9.95. The molecule has 0 aliphatic heterocycles. The zero-order chi connectivity index (χ0) is 13.8. The molecule has 5 nitrogen and oxygen atoms in total. The molecule has 2 N–H and O–H groups in total. The van der Waals surface area contributed by atoms with E-state index in [4.69, 9.17) is 0 Å². The van der Waals surface area contributed by atoms with Crippen molar-refractivity contribution in [1.82, 2.24) is 20.1 Å². The summed E-state index contributed by atoms with van der Waals surface area (Å²) < 4.78 is 1.99. The van der Waals surface area contributed by atoms with Crippen molar-refractivity contribution in [3.63, 3.8) is 0 Å². The molecule has 0 saturated carbocycles. The second-order valence-corrected chi connectivity index (χ2v) is 4.70. The van der Waals surface area contributed by atoms with Crippen LogP contribution in [0.1, 0.15) is 36.8 Å². The zero-order valence-electron chi connectivity index (χ0n) is 11.6. The maximum Gasteiger partial charge on any atom is 0.146 e. The zero-order valence-corrected chi connectivity index (χ0v) is 11.6. The number of aromatic nitrogens is 3. The molecule has 0 amide bonds. The Hall–Kier alpha value is -1.88. The van der Waals surface area contributed by atoms with E-state index < -0.39 is 0 Å². The number of phenols is 1. The summed E-state index contributed by atoms with van der Waals surface area (Å²) in [5.74, 6) is 1.23. The average molecular weight is 260 g/mol. The van der Waals surface area contributed by atoms with E-state index >= 15 is 0 Å². The monoisotopic (exact) mass is 260 g/mol. The first-order chi connectivity index (χ1) is 9.11. The summed E-state index contributed by atoms with van der Waals surface area (Å²) in [5.41, 5.74) is 1.95. The molecule has 0 radical (unpaired) electrons. The van der Waals surface area contributed by atoms with Crippen molar-refractivity contribution in [2.24, 2.45) is 0 Å². The lowest BCUT2D eigenvalue weighted by Gasteiger charge is -2.16. The Bertz CT molecular complexity index is 550. The fourth-order valence-corrected chi connectivity index (χ4v) is 2.05. The summed E-state index contributed by atoms with van der Waals surface area (Å²) in [6.07, 6.45) is 1.73. The fourth-order valence-electron chi connectivity index (χ4n) is 2.05. The first-order valence-corrected chi connectivity index (χ1v) is 6.51. The van der Waals surface area contributed by atoms with Crippen LogP contribution in [0.25, 0.3) is 0 Å². The Kier molecular flexibility index (Phi) is 4.16. The van der Waals surface area contributed by atoms with Gasteiger partial charge in [0.25, 0.3) is 0 Å². The number of nitrogens with zero attached hydrogens (tertiary/aromatic N) is 3. The van der Waals surface area contributed by atoms with Gasteiger partial charge in [-0.1, -0.05) is 12.1 Å². The van der Waals surface area contributed by atoms with Gasteiger partial charge in [0, 0.05) is 18.2 Å². The summed E-state index contributed by atoms with van der Waals surface area (Å²) in [5, 5.41) is 21.3. The highest BCUT2D eigenvalue weighted by Crippen LogP contribution is 2.24. The minimum absolute atomic E-state index is 0.0580. The lowest BCUT2D eigenvalue weighted by atomic mass is 10.1. The summed E-state index contributed by atoms with van der Waals surface area (Å²) in [6, 6.07) is 5.79. The van der Waals surface area contributed by atoms with Gasteiger partial charge in [-0.2, -0.15) is 0 Å². The third-order valence-corrected chi connectivity index (χ3v) is 3.26. The second kappa shape index (κ2) is 5.84. The van der Waals surface area contributed by atoms with Crippen LogP contribution in [0, 0.1) is 6.92 Å². The molecule has 19 heavy (non-hydrogen) atoms. The maximum atomic E-state index is 9.95. The third-order valence-electron chi connectivity index (χ3n) is 3.26. The van der Waals surface area contributed by atoms with Crippen molar-refractivity contribution >= 4 is 0 Å². The highest BCUT2D eigenvalue weighted by molar-refractivity contribution is 5.37. The molecule has 0 aliphatic rings. The highest BCUT2D eigenvalue weighted by atomic mass is 16.3. The molecule has 0 aliphatic carbocycles. The van der Waals surface area contributed by atoms with Crippen LogP contribution < -0.4 is 5.32 Å². The van der Waals surface area contributed by atoms with E-state index in [0.717, 1.165) is 23.5 Å². The van der Waals surface area contributed by atoms with Gasteiger partial charge in [0.15, 0.2) is 0 Å². The summed E-state index contributed by atoms with van der Waals surface area (Å²) in [4.78, 5) is 0. The van der Waals surface area contributed by atoms with E-state index in [1.54, 1.807) is 12.4 Å². The number of hydrogen-bond acceptors (Lipinski definition) is 4. The van der Waals surface area contributed by atoms with E-state index in [1.807, 2.05) is 30.5 Å². The normalized spacial score (nSPS) is 12.6. The van der Waals surface area contributed by atoms with Crippen molar-refractivity contribution in [1.29, 1.82) is 0 Å². The summed E-state index contributed by atoms with van der Waals surface area (Å²) >= 11 is 0. The quantitative estimate of drug-likeness (QED) is 0.864. The fraction of sp³-hybridized carbons (Fsp3) is 0.429. The molecule has 102 valence electrons. The van der Waals surface area contributed by atoms with Gasteiger partial charge in [0.2, 0.25) is 0 Å². The van der Waals surface area contributed by atoms with Crippen LogP contribution in [0.15, 0.2) is 24.5 Å². The SMILES string of the molecule is CCn1cnnc1CNC(C)c1ccc(C)cc1O. The van der Waals surface area contributed by atoms with Crippen LogP contribution in [-0.2, 0) is 13.1 Å². The lowest BCUT2D eigenvalue weighted by molar-refractivity contribution is 0.449. The molecule has 1 aromatic heterocycles. The Morgan fingerprint density at radius 2 is 2.21 bits per heavy atom. The number of aromatic hydroxyl groups is 1. The molecule has 0 fully saturated rings. The van der Waals surface area contributed by atoms with Crippen molar-refractivity contribution < 1.29 is 5.11 Å². The topological polar surface area (TPSA) is 63.0 Å². The van der Waals surface area contributed by atoms with Crippen LogP contribution in [0.3, 0.4) is 0 Å². The van der Waals surface area contributed by atoms with Crippen molar-refractivity contribution in [3.8, 4) is 5.75 Å². The van der Waals surface area contributed by atoms with E-state index in [0.29, 0.717) is 12.3 Å². The number of rotatable bonds is 5. The Morgan fingerprint density at radius 1 is 1.42 bits per heavy atom. The van der Waals surface area contributed by atoms with Gasteiger partial charge >= 0.3 is 0 Å². The molecule has 0 spiro atoms. The van der Waals surface area contributed by atoms with Crippen molar-refractivity contribution in [3.05, 3.63) is 41.5 Å². The molecular weight excluding hydrogens is 240 g/mol. The van der Waals surface area contributed by atoms with E-state index in [9.17, 15) is 5.11 Å². The molecule has 1 atom stereocenters. The molecule has 2 aromatic rings. The van der Waals surface area contributed by atoms with Crippen LogP contribution in [0.2, 0.25) is 0 Å². The van der Waals surface area contributed by atoms with Crippen LogP contribution in [-0.4, -0.2) is 19.9 Å². The van der Waals surface area contributed by atoms with E-state index in [2.05, 4.69) is 22.4 Å². The number of hydrogen-bond donors (Lipinski definition) is 2. The van der Waals surface area contributed by atoms with Gasteiger partial charge in [-0.05, 0) is 32.4 Å². The predicted molar refractivity (Wildman–Crippen MR) is 73.8 cm³/mol. The number of benzene rings is 1. The first-order valence-electron chi connectivity index (χ1n) is 6.51. The Morgan fingerprint density at radius 3 is 2.89 bits per heavy atom. The lowest BCUT2D eigenvalue weighted by Crippen LogP contribution is -2.20. The molecule has 1 heterocycles. The molecule has 1 aromatic carbocycles. The van der Waals surface area contributed by atoms with Crippen LogP contribution >= 0.6 is 0 Å². The number of aryl methyl sites for hydroxylation is 2. The summed E-state index contributed by atoms with van der Waals surface area (Å²) in [6.45, 7) is 7.53. The molecular formula is C14H20N4O. The minimum atomic E-state index is 0.0580. The van der Waals surface area contributed by atoms with E-state index in [-0.39, 0.29) is 6.04 Å². The molecule has 0 bridgehead atoms. The molecule has 5 heteroatoms. The van der Waals surface area contributed by atoms with Gasteiger partial charge in [-0.15, -0.1) is 10.2 Å². The smallest absolute Gasteiger partial charge is 0.146 e. The van der Waals surface area contributed by atoms with Gasteiger partial charge in [-0.25, -0.2) is 0 Å². The van der Waals surface area contributed by atoms with Gasteiger partial charge in [0.1, 0.15) is 17.9 Å². The average Bonchev–Trinajstić information content (AvgIpc) is 2.83. The number of nitrogens with one attached hydrogen (secondary N) is 1. The predicted octanol–water partition coefficient (Wildman–Crippen LogP) is 2.16. The van der Waals surface area contributed by atoms with Gasteiger partial charge < -0.3 is 15.0 Å². The molecule has 0 saturated heterocycles. The number of phenolic OH excluding ortho intramolecular Hbond substituents is 1. The second-order valence-electron chi connectivity index (χ2n) is 4.70. The largest absolute Gasteiger partial charge is 0.508 e. The Labute approximate surface area is 113 Å². The van der Waals surface area contributed by atoms with Crippen LogP contribution in [0.5, 0.6) is 5.75 Å². The summed E-state index contributed by atoms with van der Waals surface area (Å²) in [7, 11) is 0. The van der Waals surface area contributed by atoms with Crippen LogP contribution in [0.4, 0.5) is 0 Å². The van der Waals surface area contributed by atoms with E-state index in [1.165, 1.54) is 0 Å². The molecule has 2 rings (SSSR count). The van der Waals surface area contributed by atoms with Gasteiger partial charge in [0.05, 0.1) is 6.54 Å². The standard InChI is InChI=1S/C14H20N4O/c1-4-18-9-16-17-14(18)8-15-11(3)12-6-5-10(2)7-13(12)19/h5-7,9,11,15,19H,4,8H2,1-3H3. The van der Waals surface area contributed by atoms with Gasteiger partial charge in [-0.3, -0.25) is 0 Å². The third kappa shape index (κ3) is 3.12. The highest BCUT2D eigenvalue weighted by Gasteiger charge is 2.11. The first kappa shape index (κ1) is 13.5. The molecule has 1 unspecified atom stereocenters. The van der Waals surface area contributed by atoms with Crippen molar-refractivity contribution in [2.75, 3.05) is 0 Å². The van der Waals surface area contributed by atoms with Crippen molar-refractivity contribution in [2.45, 2.75) is 39.9 Å². The minimum Gasteiger partial charge on any atom is -0.508 e.